The lowest BCUT2D eigenvalue weighted by Gasteiger charge is -2.12. The Labute approximate surface area is 196 Å². The van der Waals surface area contributed by atoms with Gasteiger partial charge in [0.05, 0.1) is 14.2 Å². The van der Waals surface area contributed by atoms with Gasteiger partial charge in [0.1, 0.15) is 45.6 Å². The van der Waals surface area contributed by atoms with Crippen molar-refractivity contribution in [2.24, 2.45) is 0 Å². The molecule has 0 aliphatic rings. The maximum atomic E-state index is 5.72. The molecule has 0 atom stereocenters. The quantitative estimate of drug-likeness (QED) is 0.326. The van der Waals surface area contributed by atoms with Crippen molar-refractivity contribution in [3.05, 3.63) is 97.3 Å². The van der Waals surface area contributed by atoms with Crippen LogP contribution in [0.2, 0.25) is 0 Å². The third kappa shape index (κ3) is 3.03. The second-order valence-corrected chi connectivity index (χ2v) is 7.88. The van der Waals surface area contributed by atoms with Crippen LogP contribution in [0.5, 0.6) is 11.5 Å². The minimum absolute atomic E-state index is 0.764. The zero-order valence-corrected chi connectivity index (χ0v) is 18.8. The normalized spacial score (nSPS) is 11.2. The molecule has 0 amide bonds. The average molecular weight is 447 g/mol. The first-order valence-corrected chi connectivity index (χ1v) is 11.0. The lowest BCUT2D eigenvalue weighted by Crippen LogP contribution is -1.97. The van der Waals surface area contributed by atoms with E-state index in [1.807, 2.05) is 97.3 Å². The van der Waals surface area contributed by atoms with Crippen LogP contribution in [0.25, 0.3) is 45.2 Å². The zero-order chi connectivity index (χ0) is 23.1. The number of hydrogen-bond acceptors (Lipinski definition) is 4. The SMILES string of the molecule is COc1ccccc1-c1nc2ccccn2c1-c1c(-c2ccccc2OC)nc2ccccn12. The molecule has 4 heterocycles. The highest BCUT2D eigenvalue weighted by atomic mass is 16.5. The Balaban J connectivity index is 1.78. The standard InChI is InChI=1S/C28H22N4O2/c1-33-21-13-5-3-11-19(21)25-27(31-17-9-7-15-23(31)29-25)28-26(20-12-4-6-14-22(20)34-2)30-24-16-8-10-18-32(24)28/h3-18H,1-2H3. The molecule has 6 rings (SSSR count). The summed E-state index contributed by atoms with van der Waals surface area (Å²) in [7, 11) is 3.37. The minimum Gasteiger partial charge on any atom is -0.496 e. The Morgan fingerprint density at radius 2 is 0.941 bits per heavy atom. The highest BCUT2D eigenvalue weighted by Gasteiger charge is 2.26. The Morgan fingerprint density at radius 3 is 1.38 bits per heavy atom. The van der Waals surface area contributed by atoms with Crippen molar-refractivity contribution in [3.8, 4) is 45.4 Å². The average Bonchev–Trinajstić information content (AvgIpc) is 3.46. The van der Waals surface area contributed by atoms with E-state index >= 15 is 0 Å². The summed E-state index contributed by atoms with van der Waals surface area (Å²) in [5.41, 5.74) is 7.03. The van der Waals surface area contributed by atoms with Crippen LogP contribution < -0.4 is 9.47 Å². The van der Waals surface area contributed by atoms with E-state index in [9.17, 15) is 0 Å². The van der Waals surface area contributed by atoms with E-state index in [1.54, 1.807) is 14.2 Å². The van der Waals surface area contributed by atoms with Gasteiger partial charge in [0, 0.05) is 23.5 Å². The second-order valence-electron chi connectivity index (χ2n) is 7.88. The van der Waals surface area contributed by atoms with E-state index in [0.29, 0.717) is 0 Å². The number of methoxy groups -OCH3 is 2. The number of benzene rings is 2. The maximum absolute atomic E-state index is 5.72. The van der Waals surface area contributed by atoms with E-state index < -0.39 is 0 Å². The molecule has 0 aliphatic heterocycles. The molecule has 4 aromatic heterocycles. The summed E-state index contributed by atoms with van der Waals surface area (Å²) in [6.07, 6.45) is 4.07. The first-order chi connectivity index (χ1) is 16.8. The summed E-state index contributed by atoms with van der Waals surface area (Å²) in [4.78, 5) is 10.1. The fraction of sp³-hybridized carbons (Fsp3) is 0.0714. The number of fused-ring (bicyclic) bond motifs is 2. The minimum atomic E-state index is 0.764. The summed E-state index contributed by atoms with van der Waals surface area (Å²) in [5.74, 6) is 1.53. The molecule has 0 N–H and O–H groups in total. The number of para-hydroxylation sites is 2. The third-order valence-electron chi connectivity index (χ3n) is 6.01. The largest absolute Gasteiger partial charge is 0.496 e. The van der Waals surface area contributed by atoms with Crippen molar-refractivity contribution >= 4 is 11.3 Å². The summed E-state index contributed by atoms with van der Waals surface area (Å²) in [5, 5.41) is 0. The van der Waals surface area contributed by atoms with Crippen molar-refractivity contribution in [2.75, 3.05) is 14.2 Å². The van der Waals surface area contributed by atoms with Crippen molar-refractivity contribution in [2.45, 2.75) is 0 Å². The van der Waals surface area contributed by atoms with Gasteiger partial charge in [-0.25, -0.2) is 9.97 Å². The lowest BCUT2D eigenvalue weighted by atomic mass is 10.0. The van der Waals surface area contributed by atoms with Gasteiger partial charge < -0.3 is 9.47 Å². The van der Waals surface area contributed by atoms with Crippen LogP contribution in [0.4, 0.5) is 0 Å². The van der Waals surface area contributed by atoms with Gasteiger partial charge in [0.2, 0.25) is 0 Å². The number of hydrogen-bond donors (Lipinski definition) is 0. The molecule has 0 saturated carbocycles. The van der Waals surface area contributed by atoms with Gasteiger partial charge in [0.15, 0.2) is 0 Å². The molecule has 6 nitrogen and oxygen atoms in total. The highest BCUT2D eigenvalue weighted by Crippen LogP contribution is 2.43. The predicted molar refractivity (Wildman–Crippen MR) is 133 cm³/mol. The van der Waals surface area contributed by atoms with Crippen molar-refractivity contribution in [1.29, 1.82) is 0 Å². The van der Waals surface area contributed by atoms with E-state index in [4.69, 9.17) is 19.4 Å². The summed E-state index contributed by atoms with van der Waals surface area (Å²) >= 11 is 0. The molecule has 0 spiro atoms. The zero-order valence-electron chi connectivity index (χ0n) is 18.8. The molecule has 0 radical (unpaired) electrons. The smallest absolute Gasteiger partial charge is 0.137 e. The van der Waals surface area contributed by atoms with Gasteiger partial charge in [-0.15, -0.1) is 0 Å². The van der Waals surface area contributed by atoms with Gasteiger partial charge in [-0.3, -0.25) is 8.80 Å². The summed E-state index contributed by atoms with van der Waals surface area (Å²) in [6.45, 7) is 0. The molecular weight excluding hydrogens is 424 g/mol. The summed E-state index contributed by atoms with van der Waals surface area (Å²) in [6, 6.07) is 27.9. The molecule has 0 saturated heterocycles. The van der Waals surface area contributed by atoms with Crippen LogP contribution in [0.15, 0.2) is 97.3 Å². The highest BCUT2D eigenvalue weighted by molar-refractivity contribution is 5.91. The van der Waals surface area contributed by atoms with Gasteiger partial charge in [-0.05, 0) is 48.5 Å². The molecule has 34 heavy (non-hydrogen) atoms. The number of imidazole rings is 2. The van der Waals surface area contributed by atoms with Crippen LogP contribution in [0.3, 0.4) is 0 Å². The number of nitrogens with zero attached hydrogens (tertiary/aromatic N) is 4. The van der Waals surface area contributed by atoms with Crippen LogP contribution in [0.1, 0.15) is 0 Å². The summed E-state index contributed by atoms with van der Waals surface area (Å²) < 4.78 is 15.6. The molecule has 0 unspecified atom stereocenters. The molecule has 6 heteroatoms. The van der Waals surface area contributed by atoms with Crippen LogP contribution in [-0.4, -0.2) is 33.0 Å². The van der Waals surface area contributed by atoms with Crippen LogP contribution in [-0.2, 0) is 0 Å². The van der Waals surface area contributed by atoms with Crippen molar-refractivity contribution in [3.63, 3.8) is 0 Å². The van der Waals surface area contributed by atoms with E-state index in [1.165, 1.54) is 0 Å². The van der Waals surface area contributed by atoms with Gasteiger partial charge in [-0.2, -0.15) is 0 Å². The van der Waals surface area contributed by atoms with Crippen molar-refractivity contribution < 1.29 is 9.47 Å². The van der Waals surface area contributed by atoms with Crippen LogP contribution >= 0.6 is 0 Å². The fourth-order valence-electron chi connectivity index (χ4n) is 4.50. The Morgan fingerprint density at radius 1 is 0.529 bits per heavy atom. The van der Waals surface area contributed by atoms with Gasteiger partial charge in [0.25, 0.3) is 0 Å². The van der Waals surface area contributed by atoms with Gasteiger partial charge in [-0.1, -0.05) is 36.4 Å². The molecule has 166 valence electrons. The van der Waals surface area contributed by atoms with E-state index in [0.717, 1.165) is 56.7 Å². The lowest BCUT2D eigenvalue weighted by molar-refractivity contribution is 0.416. The van der Waals surface area contributed by atoms with E-state index in [2.05, 4.69) is 8.80 Å². The van der Waals surface area contributed by atoms with Crippen molar-refractivity contribution in [1.82, 2.24) is 18.8 Å². The fourth-order valence-corrected chi connectivity index (χ4v) is 4.50. The molecule has 6 aromatic rings. The number of ether oxygens (including phenoxy) is 2. The Bertz CT molecular complexity index is 1520. The number of aromatic nitrogens is 4. The third-order valence-corrected chi connectivity index (χ3v) is 6.01. The second kappa shape index (κ2) is 8.08. The molecule has 0 bridgehead atoms. The Kier molecular flexibility index (Phi) is 4.77. The predicted octanol–water partition coefficient (Wildman–Crippen LogP) is 6.00. The molecular formula is C28H22N4O2. The number of rotatable bonds is 5. The monoisotopic (exact) mass is 446 g/mol. The number of pyridine rings is 2. The van der Waals surface area contributed by atoms with Gasteiger partial charge >= 0.3 is 0 Å². The van der Waals surface area contributed by atoms with E-state index in [-0.39, 0.29) is 0 Å². The topological polar surface area (TPSA) is 53.1 Å². The first kappa shape index (κ1) is 20.1. The first-order valence-electron chi connectivity index (χ1n) is 11.0. The Hall–Kier alpha value is -4.58. The maximum Gasteiger partial charge on any atom is 0.137 e. The molecule has 2 aromatic carbocycles. The van der Waals surface area contributed by atoms with Crippen LogP contribution in [0, 0.1) is 0 Å². The molecule has 0 aliphatic carbocycles. The molecule has 0 fully saturated rings.